The lowest BCUT2D eigenvalue weighted by Gasteiger charge is -2.31. The Morgan fingerprint density at radius 2 is 2.38 bits per heavy atom. The lowest BCUT2D eigenvalue weighted by Crippen LogP contribution is -2.54. The fraction of sp³-hybridized carbons (Fsp3) is 0.444. The van der Waals surface area contributed by atoms with Gasteiger partial charge in [-0.2, -0.15) is 0 Å². The van der Waals surface area contributed by atoms with Gasteiger partial charge in [-0.25, -0.2) is 0 Å². The van der Waals surface area contributed by atoms with E-state index in [4.69, 9.17) is 16.7 Å². The predicted octanol–water partition coefficient (Wildman–Crippen LogP) is -0.00720. The predicted molar refractivity (Wildman–Crippen MR) is 58.7 cm³/mol. The molecule has 7 heteroatoms. The summed E-state index contributed by atoms with van der Waals surface area (Å²) in [5.74, 6) is -0.205. The van der Waals surface area contributed by atoms with E-state index in [-0.39, 0.29) is 0 Å². The topological polar surface area (TPSA) is 78.3 Å². The molecule has 0 aliphatic carbocycles. The zero-order valence-electron chi connectivity index (χ0n) is 8.43. The van der Waals surface area contributed by atoms with Gasteiger partial charge in [-0.15, -0.1) is 10.2 Å². The number of nitrogens with zero attached hydrogens (tertiary/aromatic N) is 3. The lowest BCUT2D eigenvalue weighted by atomic mass is 10.2. The Morgan fingerprint density at radius 1 is 1.56 bits per heavy atom. The van der Waals surface area contributed by atoms with Gasteiger partial charge in [0.15, 0.2) is 11.0 Å². The highest BCUT2D eigenvalue weighted by Gasteiger charge is 2.25. The molecular formula is C9H11ClN4O2. The van der Waals surface area contributed by atoms with E-state index in [0.29, 0.717) is 30.6 Å². The molecule has 86 valence electrons. The number of carboxylic acid groups (broad SMARTS) is 1. The number of rotatable bonds is 2. The molecule has 1 atom stereocenters. The van der Waals surface area contributed by atoms with Gasteiger partial charge in [0.25, 0.3) is 0 Å². The molecule has 1 aliphatic rings. The maximum Gasteiger partial charge on any atom is 0.322 e. The summed E-state index contributed by atoms with van der Waals surface area (Å²) in [6, 6.07) is 2.81. The Morgan fingerprint density at radius 3 is 3.00 bits per heavy atom. The van der Waals surface area contributed by atoms with Crippen molar-refractivity contribution in [1.29, 1.82) is 0 Å². The Labute approximate surface area is 97.2 Å². The Balaban J connectivity index is 2.09. The van der Waals surface area contributed by atoms with Crippen molar-refractivity contribution in [2.75, 3.05) is 24.5 Å². The van der Waals surface area contributed by atoms with Crippen LogP contribution in [0.4, 0.5) is 5.82 Å². The standard InChI is InChI=1S/C9H11ClN4O2/c10-7-1-2-8(13-12-7)14-4-3-11-6(5-14)9(15)16/h1-2,6,11H,3-5H2,(H,15,16)/t6-/m1/s1. The number of hydrogen-bond donors (Lipinski definition) is 2. The minimum Gasteiger partial charge on any atom is -0.480 e. The number of aliphatic carboxylic acids is 1. The summed E-state index contributed by atoms with van der Waals surface area (Å²) in [4.78, 5) is 12.7. The average Bonchev–Trinajstić information content (AvgIpc) is 2.30. The van der Waals surface area contributed by atoms with E-state index in [1.807, 2.05) is 4.90 Å². The summed E-state index contributed by atoms with van der Waals surface area (Å²) >= 11 is 5.63. The molecule has 0 bridgehead atoms. The Bertz CT molecular complexity index is 384. The van der Waals surface area contributed by atoms with Crippen molar-refractivity contribution in [3.63, 3.8) is 0 Å². The number of anilines is 1. The molecule has 1 aromatic heterocycles. The minimum atomic E-state index is -0.855. The van der Waals surface area contributed by atoms with Crippen LogP contribution >= 0.6 is 11.6 Å². The van der Waals surface area contributed by atoms with Crippen molar-refractivity contribution in [3.8, 4) is 0 Å². The summed E-state index contributed by atoms with van der Waals surface area (Å²) in [7, 11) is 0. The van der Waals surface area contributed by atoms with E-state index >= 15 is 0 Å². The quantitative estimate of drug-likeness (QED) is 0.760. The first-order valence-corrected chi connectivity index (χ1v) is 5.25. The molecule has 16 heavy (non-hydrogen) atoms. The molecule has 2 rings (SSSR count). The molecule has 1 saturated heterocycles. The van der Waals surface area contributed by atoms with Crippen LogP contribution in [0.1, 0.15) is 0 Å². The van der Waals surface area contributed by atoms with Gasteiger partial charge < -0.3 is 15.3 Å². The molecule has 0 amide bonds. The maximum atomic E-state index is 10.8. The van der Waals surface area contributed by atoms with Gasteiger partial charge in [-0.05, 0) is 12.1 Å². The number of nitrogens with one attached hydrogen (secondary N) is 1. The monoisotopic (exact) mass is 242 g/mol. The maximum absolute atomic E-state index is 10.8. The van der Waals surface area contributed by atoms with Gasteiger partial charge in [-0.1, -0.05) is 11.6 Å². The molecule has 1 fully saturated rings. The van der Waals surface area contributed by atoms with E-state index < -0.39 is 12.0 Å². The third-order valence-corrected chi connectivity index (χ3v) is 2.62. The van der Waals surface area contributed by atoms with Crippen LogP contribution in [0.15, 0.2) is 12.1 Å². The number of hydrogen-bond acceptors (Lipinski definition) is 5. The molecule has 0 radical (unpaired) electrons. The second-order valence-corrected chi connectivity index (χ2v) is 3.89. The fourth-order valence-electron chi connectivity index (χ4n) is 1.60. The number of aromatic nitrogens is 2. The lowest BCUT2D eigenvalue weighted by molar-refractivity contribution is -0.139. The van der Waals surface area contributed by atoms with Crippen LogP contribution in [-0.4, -0.2) is 46.9 Å². The number of carbonyl (C=O) groups is 1. The third kappa shape index (κ3) is 2.40. The fourth-order valence-corrected chi connectivity index (χ4v) is 1.70. The van der Waals surface area contributed by atoms with Crippen molar-refractivity contribution in [2.45, 2.75) is 6.04 Å². The van der Waals surface area contributed by atoms with Crippen LogP contribution in [0.5, 0.6) is 0 Å². The molecule has 0 saturated carbocycles. The summed E-state index contributed by atoms with van der Waals surface area (Å²) in [5.41, 5.74) is 0. The highest BCUT2D eigenvalue weighted by Crippen LogP contribution is 2.13. The molecule has 0 aromatic carbocycles. The minimum absolute atomic E-state index is 0.327. The molecule has 0 unspecified atom stereocenters. The van der Waals surface area contributed by atoms with E-state index in [1.54, 1.807) is 12.1 Å². The summed E-state index contributed by atoms with van der Waals surface area (Å²) in [6.45, 7) is 1.70. The first-order chi connectivity index (χ1) is 7.66. The zero-order valence-corrected chi connectivity index (χ0v) is 9.18. The number of piperazine rings is 1. The van der Waals surface area contributed by atoms with Gasteiger partial charge in [0.1, 0.15) is 6.04 Å². The van der Waals surface area contributed by atoms with Gasteiger partial charge in [0.05, 0.1) is 0 Å². The van der Waals surface area contributed by atoms with Crippen LogP contribution in [0.25, 0.3) is 0 Å². The summed E-state index contributed by atoms with van der Waals surface area (Å²) < 4.78 is 0. The highest BCUT2D eigenvalue weighted by atomic mass is 35.5. The van der Waals surface area contributed by atoms with E-state index in [0.717, 1.165) is 0 Å². The van der Waals surface area contributed by atoms with Crippen molar-refractivity contribution >= 4 is 23.4 Å². The zero-order chi connectivity index (χ0) is 11.5. The molecule has 1 aliphatic heterocycles. The van der Waals surface area contributed by atoms with Crippen LogP contribution in [0.2, 0.25) is 5.15 Å². The molecular weight excluding hydrogens is 232 g/mol. The number of carboxylic acids is 1. The van der Waals surface area contributed by atoms with Crippen LogP contribution in [0.3, 0.4) is 0 Å². The smallest absolute Gasteiger partial charge is 0.322 e. The van der Waals surface area contributed by atoms with Gasteiger partial charge >= 0.3 is 5.97 Å². The van der Waals surface area contributed by atoms with E-state index in [2.05, 4.69) is 15.5 Å². The van der Waals surface area contributed by atoms with Gasteiger partial charge in [0.2, 0.25) is 0 Å². The molecule has 6 nitrogen and oxygen atoms in total. The first kappa shape index (κ1) is 11.1. The van der Waals surface area contributed by atoms with E-state index in [9.17, 15) is 4.79 Å². The summed E-state index contributed by atoms with van der Waals surface area (Å²) in [6.07, 6.45) is 0. The van der Waals surface area contributed by atoms with Gasteiger partial charge in [-0.3, -0.25) is 4.79 Å². The van der Waals surface area contributed by atoms with Crippen molar-refractivity contribution in [2.24, 2.45) is 0 Å². The largest absolute Gasteiger partial charge is 0.480 e. The molecule has 1 aromatic rings. The second kappa shape index (κ2) is 4.63. The van der Waals surface area contributed by atoms with Crippen LogP contribution in [-0.2, 0) is 4.79 Å². The molecule has 2 heterocycles. The molecule has 0 spiro atoms. The first-order valence-electron chi connectivity index (χ1n) is 4.87. The number of halogens is 1. The molecule has 2 N–H and O–H groups in total. The van der Waals surface area contributed by atoms with Crippen molar-refractivity contribution in [1.82, 2.24) is 15.5 Å². The van der Waals surface area contributed by atoms with Gasteiger partial charge in [0, 0.05) is 19.6 Å². The average molecular weight is 243 g/mol. The summed E-state index contributed by atoms with van der Waals surface area (Å²) in [5, 5.41) is 19.8. The second-order valence-electron chi connectivity index (χ2n) is 3.51. The van der Waals surface area contributed by atoms with Crippen molar-refractivity contribution in [3.05, 3.63) is 17.3 Å². The third-order valence-electron chi connectivity index (χ3n) is 2.42. The Hall–Kier alpha value is -1.40. The van der Waals surface area contributed by atoms with Crippen molar-refractivity contribution < 1.29 is 9.90 Å². The SMILES string of the molecule is O=C(O)[C@H]1CN(c2ccc(Cl)nn2)CCN1. The normalized spacial score (nSPS) is 20.8. The Kier molecular flexibility index (Phi) is 3.21. The highest BCUT2D eigenvalue weighted by molar-refractivity contribution is 6.29. The van der Waals surface area contributed by atoms with Crippen LogP contribution in [0, 0.1) is 0 Å². The van der Waals surface area contributed by atoms with Crippen LogP contribution < -0.4 is 10.2 Å². The van der Waals surface area contributed by atoms with E-state index in [1.165, 1.54) is 0 Å².